The third-order valence-corrected chi connectivity index (χ3v) is 5.62. The van der Waals surface area contributed by atoms with E-state index < -0.39 is 0 Å². The van der Waals surface area contributed by atoms with Crippen molar-refractivity contribution in [2.24, 2.45) is 0 Å². The van der Waals surface area contributed by atoms with Gasteiger partial charge in [-0.05, 0) is 67.9 Å². The highest BCUT2D eigenvalue weighted by Gasteiger charge is 2.19. The van der Waals surface area contributed by atoms with Gasteiger partial charge in [0.1, 0.15) is 5.75 Å². The second-order valence-corrected chi connectivity index (χ2v) is 7.66. The van der Waals surface area contributed by atoms with Gasteiger partial charge in [0.25, 0.3) is 5.91 Å². The molecule has 1 amide bonds. The van der Waals surface area contributed by atoms with Gasteiger partial charge in [0.2, 0.25) is 0 Å². The smallest absolute Gasteiger partial charge is 0.261 e. The number of benzene rings is 4. The fourth-order valence-corrected chi connectivity index (χ4v) is 4.20. The third kappa shape index (κ3) is 3.95. The van der Waals surface area contributed by atoms with Crippen molar-refractivity contribution in [2.75, 3.05) is 12.4 Å². The van der Waals surface area contributed by atoms with E-state index in [2.05, 4.69) is 26.6 Å². The Morgan fingerprint density at radius 1 is 0.931 bits per heavy atom. The summed E-state index contributed by atoms with van der Waals surface area (Å²) in [7, 11) is 1.54. The molecule has 0 heterocycles. The molecule has 0 aliphatic rings. The molecule has 4 aromatic rings. The Balaban J connectivity index is 1.57. The number of rotatable bonds is 3. The van der Waals surface area contributed by atoms with Crippen molar-refractivity contribution >= 4 is 66.4 Å². The van der Waals surface area contributed by atoms with Crippen molar-refractivity contribution in [3.63, 3.8) is 0 Å². The number of ether oxygens (including phenoxy) is 1. The van der Waals surface area contributed by atoms with Crippen LogP contribution in [-0.2, 0) is 0 Å². The molecule has 144 valence electrons. The molecule has 4 aromatic carbocycles. The fraction of sp³-hybridized carbons (Fsp3) is 0.0435. The Hall–Kier alpha value is -2.96. The number of thiocarbonyl (C=S) groups is 1. The van der Waals surface area contributed by atoms with E-state index >= 15 is 0 Å². The number of fused-ring (bicyclic) bond motifs is 2. The highest BCUT2D eigenvalue weighted by molar-refractivity contribution is 9.10. The minimum absolute atomic E-state index is 0.219. The number of halogens is 1. The summed E-state index contributed by atoms with van der Waals surface area (Å²) in [5.74, 6) is 0.126. The lowest BCUT2D eigenvalue weighted by Gasteiger charge is -2.15. The SMILES string of the molecule is COc1c(C(=O)NC(=S)Nc2ccc3ccccc3c2)cc2ccccc2c1Br. The van der Waals surface area contributed by atoms with Gasteiger partial charge >= 0.3 is 0 Å². The Morgan fingerprint density at radius 2 is 1.62 bits per heavy atom. The van der Waals surface area contributed by atoms with Crippen LogP contribution in [0.1, 0.15) is 10.4 Å². The van der Waals surface area contributed by atoms with Crippen LogP contribution in [0.25, 0.3) is 21.5 Å². The third-order valence-electron chi connectivity index (χ3n) is 4.62. The average molecular weight is 465 g/mol. The normalized spacial score (nSPS) is 10.7. The maximum absolute atomic E-state index is 12.9. The Labute approximate surface area is 182 Å². The summed E-state index contributed by atoms with van der Waals surface area (Å²) in [5, 5.41) is 10.2. The standard InChI is InChI=1S/C23H17BrN2O2S/c1-28-21-19(13-16-8-4-5-9-18(16)20(21)24)22(27)26-23(29)25-17-11-10-14-6-2-3-7-15(14)12-17/h2-13H,1H3,(H2,25,26,27,29). The van der Waals surface area contributed by atoms with Crippen molar-refractivity contribution < 1.29 is 9.53 Å². The van der Waals surface area contributed by atoms with Crippen LogP contribution in [0.2, 0.25) is 0 Å². The molecule has 0 unspecified atom stereocenters. The van der Waals surface area contributed by atoms with Gasteiger partial charge in [0.15, 0.2) is 5.11 Å². The highest BCUT2D eigenvalue weighted by Crippen LogP contribution is 2.36. The number of hydrogen-bond donors (Lipinski definition) is 2. The molecule has 0 aliphatic carbocycles. The minimum Gasteiger partial charge on any atom is -0.495 e. The van der Waals surface area contributed by atoms with Gasteiger partial charge in [-0.15, -0.1) is 0 Å². The number of nitrogens with one attached hydrogen (secondary N) is 2. The Bertz CT molecular complexity index is 1260. The molecule has 0 radical (unpaired) electrons. The fourth-order valence-electron chi connectivity index (χ4n) is 3.25. The first-order valence-electron chi connectivity index (χ1n) is 8.93. The largest absolute Gasteiger partial charge is 0.495 e. The van der Waals surface area contributed by atoms with Crippen LogP contribution in [0.5, 0.6) is 5.75 Å². The summed E-state index contributed by atoms with van der Waals surface area (Å²) in [6.45, 7) is 0. The summed E-state index contributed by atoms with van der Waals surface area (Å²) in [5.41, 5.74) is 1.21. The molecule has 0 fully saturated rings. The summed E-state index contributed by atoms with van der Waals surface area (Å²) in [4.78, 5) is 12.9. The number of carbonyl (C=O) groups excluding carboxylic acids is 1. The molecule has 0 bridgehead atoms. The Kier molecular flexibility index (Phi) is 5.47. The first kappa shape index (κ1) is 19.4. The van der Waals surface area contributed by atoms with Crippen molar-refractivity contribution in [3.8, 4) is 5.75 Å². The number of methoxy groups -OCH3 is 1. The molecule has 0 aliphatic heterocycles. The van der Waals surface area contributed by atoms with Crippen LogP contribution in [0, 0.1) is 0 Å². The quantitative estimate of drug-likeness (QED) is 0.371. The van der Waals surface area contributed by atoms with Gasteiger partial charge < -0.3 is 10.1 Å². The van der Waals surface area contributed by atoms with E-state index in [1.165, 1.54) is 7.11 Å². The highest BCUT2D eigenvalue weighted by atomic mass is 79.9. The molecule has 4 rings (SSSR count). The van der Waals surface area contributed by atoms with Crippen molar-refractivity contribution in [2.45, 2.75) is 0 Å². The van der Waals surface area contributed by atoms with Crippen LogP contribution in [-0.4, -0.2) is 18.1 Å². The summed E-state index contributed by atoms with van der Waals surface area (Å²) in [6.07, 6.45) is 0. The van der Waals surface area contributed by atoms with Crippen LogP contribution in [0.15, 0.2) is 77.3 Å². The minimum atomic E-state index is -0.341. The van der Waals surface area contributed by atoms with E-state index in [9.17, 15) is 4.79 Å². The molecule has 0 aromatic heterocycles. The van der Waals surface area contributed by atoms with E-state index in [4.69, 9.17) is 17.0 Å². The van der Waals surface area contributed by atoms with Gasteiger partial charge in [-0.1, -0.05) is 54.6 Å². The van der Waals surface area contributed by atoms with Gasteiger partial charge in [-0.25, -0.2) is 0 Å². The lowest BCUT2D eigenvalue weighted by molar-refractivity contribution is 0.0975. The van der Waals surface area contributed by atoms with Gasteiger partial charge in [-0.2, -0.15) is 0 Å². The number of amides is 1. The van der Waals surface area contributed by atoms with Crippen molar-refractivity contribution in [3.05, 3.63) is 82.8 Å². The zero-order valence-corrected chi connectivity index (χ0v) is 17.9. The topological polar surface area (TPSA) is 50.4 Å². The maximum atomic E-state index is 12.9. The summed E-state index contributed by atoms with van der Waals surface area (Å²) >= 11 is 8.90. The van der Waals surface area contributed by atoms with Crippen LogP contribution >= 0.6 is 28.1 Å². The second-order valence-electron chi connectivity index (χ2n) is 6.46. The van der Waals surface area contributed by atoms with Crippen molar-refractivity contribution in [1.82, 2.24) is 5.32 Å². The molecular weight excluding hydrogens is 448 g/mol. The predicted octanol–water partition coefficient (Wildman–Crippen LogP) is 5.89. The van der Waals surface area contributed by atoms with Crippen molar-refractivity contribution in [1.29, 1.82) is 0 Å². The van der Waals surface area contributed by atoms with Gasteiger partial charge in [-0.3, -0.25) is 10.1 Å². The second kappa shape index (κ2) is 8.19. The average Bonchev–Trinajstić information content (AvgIpc) is 2.73. The van der Waals surface area contributed by atoms with Gasteiger partial charge in [0.05, 0.1) is 17.1 Å². The molecule has 0 spiro atoms. The molecule has 0 atom stereocenters. The molecule has 0 saturated heterocycles. The molecular formula is C23H17BrN2O2S. The number of anilines is 1. The predicted molar refractivity (Wildman–Crippen MR) is 126 cm³/mol. The maximum Gasteiger partial charge on any atom is 0.261 e. The van der Waals surface area contributed by atoms with Crippen LogP contribution < -0.4 is 15.4 Å². The van der Waals surface area contributed by atoms with E-state index in [0.717, 1.165) is 31.7 Å². The summed E-state index contributed by atoms with van der Waals surface area (Å²) in [6, 6.07) is 23.5. The lowest BCUT2D eigenvalue weighted by Crippen LogP contribution is -2.34. The molecule has 4 nitrogen and oxygen atoms in total. The van der Waals surface area contributed by atoms with Crippen LogP contribution in [0.3, 0.4) is 0 Å². The zero-order valence-electron chi connectivity index (χ0n) is 15.5. The molecule has 0 saturated carbocycles. The van der Waals surface area contributed by atoms with Crippen LogP contribution in [0.4, 0.5) is 5.69 Å². The number of hydrogen-bond acceptors (Lipinski definition) is 3. The van der Waals surface area contributed by atoms with Gasteiger partial charge in [0, 0.05) is 5.69 Å². The summed E-state index contributed by atoms with van der Waals surface area (Å²) < 4.78 is 6.22. The molecule has 2 N–H and O–H groups in total. The molecule has 6 heteroatoms. The Morgan fingerprint density at radius 3 is 2.38 bits per heavy atom. The van der Waals surface area contributed by atoms with E-state index in [0.29, 0.717) is 11.3 Å². The van der Waals surface area contributed by atoms with E-state index in [1.807, 2.05) is 66.7 Å². The van der Waals surface area contributed by atoms with E-state index in [1.54, 1.807) is 6.07 Å². The first-order chi connectivity index (χ1) is 14.1. The molecule has 29 heavy (non-hydrogen) atoms. The monoisotopic (exact) mass is 464 g/mol. The number of carbonyl (C=O) groups is 1. The lowest BCUT2D eigenvalue weighted by atomic mass is 10.1. The van der Waals surface area contributed by atoms with E-state index in [-0.39, 0.29) is 11.0 Å². The zero-order chi connectivity index (χ0) is 20.4. The first-order valence-corrected chi connectivity index (χ1v) is 10.1.